The lowest BCUT2D eigenvalue weighted by Crippen LogP contribution is -2.42. The number of nitrogens with one attached hydrogen (secondary N) is 2. The van der Waals surface area contributed by atoms with Crippen molar-refractivity contribution in [2.24, 2.45) is 0 Å². The number of nitrogens with zero attached hydrogens (tertiary/aromatic N) is 2. The Morgan fingerprint density at radius 1 is 1.18 bits per heavy atom. The second kappa shape index (κ2) is 10.5. The molecule has 0 radical (unpaired) electrons. The van der Waals surface area contributed by atoms with Crippen molar-refractivity contribution in [1.29, 1.82) is 0 Å². The molecule has 0 aliphatic heterocycles. The first kappa shape index (κ1) is 21.5. The van der Waals surface area contributed by atoms with Gasteiger partial charge in [0.05, 0.1) is 18.7 Å². The number of carbonyl (C=O) groups is 3. The number of hydrogen-bond donors (Lipinski definition) is 2. The summed E-state index contributed by atoms with van der Waals surface area (Å²) in [7, 11) is 0. The van der Waals surface area contributed by atoms with Crippen LogP contribution >= 0.6 is 11.3 Å². The maximum atomic E-state index is 12.7. The highest BCUT2D eigenvalue weighted by atomic mass is 32.1. The largest absolute Gasteiger partial charge is 0.327 e. The molecule has 0 unspecified atom stereocenters. The average molecular weight is 404 g/mol. The fraction of sp³-hybridized carbons (Fsp3) is 0.368. The normalized spacial score (nSPS) is 10.6. The van der Waals surface area contributed by atoms with Gasteiger partial charge in [0.1, 0.15) is 6.54 Å². The third kappa shape index (κ3) is 6.43. The summed E-state index contributed by atoms with van der Waals surface area (Å²) < 4.78 is 0. The first-order chi connectivity index (χ1) is 13.4. The summed E-state index contributed by atoms with van der Waals surface area (Å²) in [5.74, 6) is -0.875. The van der Waals surface area contributed by atoms with Crippen molar-refractivity contribution in [3.05, 3.63) is 47.0 Å². The lowest BCUT2D eigenvalue weighted by molar-refractivity contribution is -0.132. The van der Waals surface area contributed by atoms with Crippen molar-refractivity contribution >= 4 is 34.2 Å². The summed E-state index contributed by atoms with van der Waals surface area (Å²) in [4.78, 5) is 47.2. The highest BCUT2D eigenvalue weighted by Crippen LogP contribution is 2.16. The van der Waals surface area contributed by atoms with E-state index in [1.54, 1.807) is 36.6 Å². The smallest absolute Gasteiger partial charge is 0.254 e. The zero-order valence-corrected chi connectivity index (χ0v) is 16.9. The van der Waals surface area contributed by atoms with E-state index in [0.717, 1.165) is 0 Å². The van der Waals surface area contributed by atoms with Gasteiger partial charge in [-0.2, -0.15) is 0 Å². The van der Waals surface area contributed by atoms with Crippen LogP contribution in [-0.2, 0) is 20.8 Å². The summed E-state index contributed by atoms with van der Waals surface area (Å²) in [6.07, 6.45) is 0.0526. The number of carbonyl (C=O) groups excluding carboxylic acids is 3. The Kier molecular flexibility index (Phi) is 8.09. The number of amides is 3. The Morgan fingerprint density at radius 3 is 2.54 bits per heavy atom. The fourth-order valence-electron chi connectivity index (χ4n) is 2.35. The third-order valence-electron chi connectivity index (χ3n) is 3.69. The molecule has 1 aromatic heterocycles. The van der Waals surface area contributed by atoms with Gasteiger partial charge in [-0.15, -0.1) is 11.3 Å². The highest BCUT2D eigenvalue weighted by Gasteiger charge is 2.22. The maximum Gasteiger partial charge on any atom is 0.254 e. The number of aromatic nitrogens is 1. The van der Waals surface area contributed by atoms with Crippen LogP contribution in [-0.4, -0.2) is 46.8 Å². The van der Waals surface area contributed by atoms with Crippen molar-refractivity contribution in [3.8, 4) is 0 Å². The van der Waals surface area contributed by atoms with Gasteiger partial charge in [0.15, 0.2) is 5.13 Å². The summed E-state index contributed by atoms with van der Waals surface area (Å²) in [6, 6.07) is 8.69. The molecule has 0 atom stereocenters. The molecule has 0 fully saturated rings. The van der Waals surface area contributed by atoms with Gasteiger partial charge in [0, 0.05) is 17.0 Å². The van der Waals surface area contributed by atoms with Crippen molar-refractivity contribution in [1.82, 2.24) is 15.4 Å². The first-order valence-electron chi connectivity index (χ1n) is 8.91. The lowest BCUT2D eigenvalue weighted by atomic mass is 10.1. The van der Waals surface area contributed by atoms with E-state index in [9.17, 15) is 14.4 Å². The first-order valence-corrected chi connectivity index (χ1v) is 9.79. The molecule has 150 valence electrons. The van der Waals surface area contributed by atoms with Crippen LogP contribution in [0.25, 0.3) is 0 Å². The molecule has 0 saturated heterocycles. The zero-order chi connectivity index (χ0) is 20.5. The van der Waals surface area contributed by atoms with E-state index in [4.69, 9.17) is 4.84 Å². The van der Waals surface area contributed by atoms with Crippen LogP contribution in [0.15, 0.2) is 35.7 Å². The molecule has 2 N–H and O–H groups in total. The van der Waals surface area contributed by atoms with Crippen LogP contribution in [0.5, 0.6) is 0 Å². The Labute approximate surface area is 167 Å². The van der Waals surface area contributed by atoms with Gasteiger partial charge in [0.2, 0.25) is 11.8 Å². The van der Waals surface area contributed by atoms with Gasteiger partial charge in [-0.1, -0.05) is 18.2 Å². The molecule has 0 aliphatic carbocycles. The number of anilines is 1. The molecule has 3 amide bonds. The van der Waals surface area contributed by atoms with Gasteiger partial charge >= 0.3 is 0 Å². The molecule has 1 heterocycles. The summed E-state index contributed by atoms with van der Waals surface area (Å²) in [5.41, 5.74) is 3.35. The van der Waals surface area contributed by atoms with Crippen molar-refractivity contribution in [3.63, 3.8) is 0 Å². The summed E-state index contributed by atoms with van der Waals surface area (Å²) >= 11 is 1.22. The predicted molar refractivity (Wildman–Crippen MR) is 107 cm³/mol. The quantitative estimate of drug-likeness (QED) is 0.624. The average Bonchev–Trinajstić information content (AvgIpc) is 3.10. The van der Waals surface area contributed by atoms with Crippen molar-refractivity contribution in [2.75, 3.05) is 18.5 Å². The minimum atomic E-state index is -0.349. The van der Waals surface area contributed by atoms with Crippen molar-refractivity contribution < 1.29 is 19.2 Å². The summed E-state index contributed by atoms with van der Waals surface area (Å²) in [6.45, 7) is 5.75. The van der Waals surface area contributed by atoms with E-state index in [1.807, 2.05) is 19.9 Å². The Hall–Kier alpha value is -2.78. The number of hydroxylamine groups is 1. The zero-order valence-electron chi connectivity index (χ0n) is 16.1. The van der Waals surface area contributed by atoms with Gasteiger partial charge < -0.3 is 10.2 Å². The van der Waals surface area contributed by atoms with E-state index >= 15 is 0 Å². The Bertz CT molecular complexity index is 807. The number of rotatable bonds is 9. The van der Waals surface area contributed by atoms with E-state index < -0.39 is 0 Å². The van der Waals surface area contributed by atoms with Crippen LogP contribution in [0.4, 0.5) is 5.13 Å². The standard InChI is InChI=1S/C19H24N4O4S/c1-4-27-22-16(24)10-15-12-28-19(20-15)21-17(25)11-23(13(2)3)18(26)14-8-6-5-7-9-14/h5-9,12-13H,4,10-11H2,1-3H3,(H,22,24)(H,20,21,25). The molecule has 0 saturated carbocycles. The molecular formula is C19H24N4O4S. The van der Waals surface area contributed by atoms with Crippen LogP contribution in [0.2, 0.25) is 0 Å². The van der Waals surface area contributed by atoms with Gasteiger partial charge in [0.25, 0.3) is 5.91 Å². The second-order valence-electron chi connectivity index (χ2n) is 6.22. The SMILES string of the molecule is CCONC(=O)Cc1csc(NC(=O)CN(C(=O)c2ccccc2)C(C)C)n1. The number of hydrogen-bond acceptors (Lipinski definition) is 6. The molecule has 0 aliphatic rings. The molecule has 8 nitrogen and oxygen atoms in total. The van der Waals surface area contributed by atoms with Crippen molar-refractivity contribution in [2.45, 2.75) is 33.2 Å². The fourth-order valence-corrected chi connectivity index (χ4v) is 3.07. The molecule has 0 bridgehead atoms. The molecule has 1 aromatic carbocycles. The molecule has 2 rings (SSSR count). The third-order valence-corrected chi connectivity index (χ3v) is 4.50. The van der Waals surface area contributed by atoms with Crippen LogP contribution in [0.1, 0.15) is 36.8 Å². The second-order valence-corrected chi connectivity index (χ2v) is 7.08. The van der Waals surface area contributed by atoms with Crippen LogP contribution < -0.4 is 10.8 Å². The molecule has 2 aromatic rings. The molecular weight excluding hydrogens is 380 g/mol. The van der Waals surface area contributed by atoms with Crippen LogP contribution in [0.3, 0.4) is 0 Å². The number of thiazole rings is 1. The number of benzene rings is 1. The van der Waals surface area contributed by atoms with Gasteiger partial charge in [-0.25, -0.2) is 10.5 Å². The van der Waals surface area contributed by atoms with E-state index in [0.29, 0.717) is 23.0 Å². The monoisotopic (exact) mass is 404 g/mol. The van der Waals surface area contributed by atoms with Gasteiger partial charge in [-0.05, 0) is 32.9 Å². The predicted octanol–water partition coefficient (Wildman–Crippen LogP) is 2.24. The topological polar surface area (TPSA) is 101 Å². The maximum absolute atomic E-state index is 12.7. The van der Waals surface area contributed by atoms with E-state index in [2.05, 4.69) is 15.8 Å². The van der Waals surface area contributed by atoms with E-state index in [-0.39, 0.29) is 36.7 Å². The summed E-state index contributed by atoms with van der Waals surface area (Å²) in [5, 5.41) is 4.75. The molecule has 28 heavy (non-hydrogen) atoms. The Morgan fingerprint density at radius 2 is 1.89 bits per heavy atom. The lowest BCUT2D eigenvalue weighted by Gasteiger charge is -2.26. The Balaban J connectivity index is 1.94. The molecule has 0 spiro atoms. The van der Waals surface area contributed by atoms with Crippen LogP contribution in [0, 0.1) is 0 Å². The minimum Gasteiger partial charge on any atom is -0.327 e. The van der Waals surface area contributed by atoms with Gasteiger partial charge in [-0.3, -0.25) is 19.2 Å². The minimum absolute atomic E-state index is 0.0526. The molecule has 9 heteroatoms. The highest BCUT2D eigenvalue weighted by molar-refractivity contribution is 7.13. The van der Waals surface area contributed by atoms with E-state index in [1.165, 1.54) is 16.2 Å².